The lowest BCUT2D eigenvalue weighted by molar-refractivity contribution is -0.123. The average molecular weight is 492 g/mol. The predicted octanol–water partition coefficient (Wildman–Crippen LogP) is 5.43. The summed E-state index contributed by atoms with van der Waals surface area (Å²) in [6.45, 7) is 4.62. The van der Waals surface area contributed by atoms with E-state index in [1.54, 1.807) is 35.1 Å². The number of benzene rings is 3. The molecule has 180 valence electrons. The van der Waals surface area contributed by atoms with Gasteiger partial charge in [0.15, 0.2) is 4.87 Å². The van der Waals surface area contributed by atoms with Gasteiger partial charge in [0.1, 0.15) is 11.6 Å². The number of nitrogens with zero attached hydrogens (tertiary/aromatic N) is 2. The minimum atomic E-state index is -1.22. The molecule has 0 unspecified atom stereocenters. The number of nitrogens with one attached hydrogen (secondary N) is 1. The lowest BCUT2D eigenvalue weighted by Gasteiger charge is -2.33. The first-order valence-electron chi connectivity index (χ1n) is 11.4. The van der Waals surface area contributed by atoms with Crippen molar-refractivity contribution < 1.29 is 18.7 Å². The largest absolute Gasteiger partial charge is 0.497 e. The Kier molecular flexibility index (Phi) is 5.92. The fraction of sp³-hybridized carbons (Fsp3) is 0.259. The van der Waals surface area contributed by atoms with Crippen molar-refractivity contribution in [3.05, 3.63) is 88.7 Å². The molecule has 0 aliphatic carbocycles. The van der Waals surface area contributed by atoms with Crippen molar-refractivity contribution >= 4 is 35.1 Å². The first-order valence-corrected chi connectivity index (χ1v) is 12.4. The highest BCUT2D eigenvalue weighted by Gasteiger charge is 2.59. The third kappa shape index (κ3) is 3.91. The van der Waals surface area contributed by atoms with Crippen molar-refractivity contribution in [1.29, 1.82) is 0 Å². The van der Waals surface area contributed by atoms with Crippen LogP contribution in [0, 0.1) is 19.7 Å². The van der Waals surface area contributed by atoms with E-state index in [0.717, 1.165) is 11.1 Å². The second kappa shape index (κ2) is 8.92. The van der Waals surface area contributed by atoms with Gasteiger partial charge in [-0.15, -0.1) is 11.8 Å². The van der Waals surface area contributed by atoms with E-state index in [1.807, 2.05) is 44.2 Å². The fourth-order valence-corrected chi connectivity index (χ4v) is 6.16. The number of thioether (sulfide) groups is 1. The molecule has 0 saturated carbocycles. The predicted molar refractivity (Wildman–Crippen MR) is 136 cm³/mol. The monoisotopic (exact) mass is 491 g/mol. The Morgan fingerprint density at radius 2 is 1.94 bits per heavy atom. The van der Waals surface area contributed by atoms with E-state index in [0.29, 0.717) is 40.5 Å². The number of urea groups is 1. The number of carbonyl (C=O) groups excluding carboxylic acids is 2. The first kappa shape index (κ1) is 23.2. The summed E-state index contributed by atoms with van der Waals surface area (Å²) in [5.74, 6) is 0.632. The number of methoxy groups -OCH3 is 1. The van der Waals surface area contributed by atoms with E-state index < -0.39 is 4.87 Å². The van der Waals surface area contributed by atoms with Crippen LogP contribution in [0.5, 0.6) is 5.75 Å². The summed E-state index contributed by atoms with van der Waals surface area (Å²) in [5.41, 5.74) is 4.96. The molecule has 2 heterocycles. The Bertz CT molecular complexity index is 1330. The maximum Gasteiger partial charge on any atom is 0.323 e. The number of hydrogen-bond acceptors (Lipinski definition) is 4. The van der Waals surface area contributed by atoms with Crippen molar-refractivity contribution in [2.24, 2.45) is 0 Å². The smallest absolute Gasteiger partial charge is 0.323 e. The molecule has 1 saturated heterocycles. The van der Waals surface area contributed by atoms with E-state index >= 15 is 0 Å². The quantitative estimate of drug-likeness (QED) is 0.529. The van der Waals surface area contributed by atoms with Crippen LogP contribution in [0.25, 0.3) is 0 Å². The Morgan fingerprint density at radius 3 is 2.69 bits per heavy atom. The van der Waals surface area contributed by atoms with Gasteiger partial charge in [0.2, 0.25) is 0 Å². The van der Waals surface area contributed by atoms with Crippen molar-refractivity contribution in [1.82, 2.24) is 4.90 Å². The minimum Gasteiger partial charge on any atom is -0.497 e. The minimum absolute atomic E-state index is 0.199. The van der Waals surface area contributed by atoms with Gasteiger partial charge in [-0.05, 0) is 73.0 Å². The Hall–Kier alpha value is -3.52. The second-order valence-corrected chi connectivity index (χ2v) is 10.1. The molecule has 0 bridgehead atoms. The maximum absolute atomic E-state index is 14.1. The Labute approximate surface area is 208 Å². The number of anilines is 2. The van der Waals surface area contributed by atoms with Crippen LogP contribution in [0.1, 0.15) is 22.3 Å². The van der Waals surface area contributed by atoms with Gasteiger partial charge in [-0.2, -0.15) is 0 Å². The van der Waals surface area contributed by atoms with Crippen LogP contribution in [0.3, 0.4) is 0 Å². The third-order valence-electron chi connectivity index (χ3n) is 6.63. The number of halogens is 1. The average Bonchev–Trinajstić information content (AvgIpc) is 3.38. The molecule has 2 aliphatic rings. The number of amides is 3. The number of carbonyl (C=O) groups is 2. The molecule has 1 atom stereocenters. The highest BCUT2D eigenvalue weighted by atomic mass is 32.2. The van der Waals surface area contributed by atoms with E-state index in [2.05, 4.69) is 5.32 Å². The molecule has 1 N–H and O–H groups in total. The first-order chi connectivity index (χ1) is 16.8. The van der Waals surface area contributed by atoms with Crippen molar-refractivity contribution in [2.75, 3.05) is 29.6 Å². The van der Waals surface area contributed by atoms with Gasteiger partial charge in [-0.1, -0.05) is 18.2 Å². The molecule has 35 heavy (non-hydrogen) atoms. The summed E-state index contributed by atoms with van der Waals surface area (Å²) in [6.07, 6.45) is 0. The summed E-state index contributed by atoms with van der Waals surface area (Å²) < 4.78 is 19.3. The zero-order valence-corrected chi connectivity index (χ0v) is 20.6. The van der Waals surface area contributed by atoms with Crippen LogP contribution in [0.15, 0.2) is 60.7 Å². The number of fused-ring (bicyclic) bond motifs is 2. The van der Waals surface area contributed by atoms with Crippen molar-refractivity contribution in [3.63, 3.8) is 0 Å². The highest BCUT2D eigenvalue weighted by molar-refractivity contribution is 8.01. The van der Waals surface area contributed by atoms with E-state index in [4.69, 9.17) is 4.74 Å². The fourth-order valence-electron chi connectivity index (χ4n) is 4.71. The van der Waals surface area contributed by atoms with Crippen LogP contribution in [0.2, 0.25) is 0 Å². The lowest BCUT2D eigenvalue weighted by atomic mass is 10.1. The van der Waals surface area contributed by atoms with Crippen LogP contribution >= 0.6 is 11.8 Å². The standard InChI is InChI=1S/C27H26FN3O3S/c1-17-7-8-21(13-18(17)2)29-26(33)31-11-12-35-27(31)23-15-22(34-3)9-10-24(23)30(25(27)32)16-19-5-4-6-20(28)14-19/h4-10,13-15H,11-12,16H2,1-3H3,(H,29,33)/t27-/m1/s1. The molecule has 1 spiro atoms. The lowest BCUT2D eigenvalue weighted by Crippen LogP contribution is -2.51. The molecular formula is C27H26FN3O3S. The Balaban J connectivity index is 1.54. The highest BCUT2D eigenvalue weighted by Crippen LogP contribution is 2.55. The zero-order valence-electron chi connectivity index (χ0n) is 19.8. The SMILES string of the molecule is COc1ccc2c(c1)[C@@]1(SCCN1C(=O)Nc1ccc(C)c(C)c1)C(=O)N2Cc1cccc(F)c1. The third-order valence-corrected chi connectivity index (χ3v) is 8.05. The van der Waals surface area contributed by atoms with Crippen molar-refractivity contribution in [3.8, 4) is 5.75 Å². The molecule has 3 amide bonds. The number of aryl methyl sites for hydroxylation is 2. The molecule has 0 radical (unpaired) electrons. The van der Waals surface area contributed by atoms with Crippen LogP contribution in [-0.4, -0.2) is 36.2 Å². The van der Waals surface area contributed by atoms with E-state index in [9.17, 15) is 14.0 Å². The summed E-state index contributed by atoms with van der Waals surface area (Å²) in [5, 5.41) is 2.98. The number of ether oxygens (including phenoxy) is 1. The second-order valence-electron chi connectivity index (χ2n) is 8.78. The molecule has 0 aromatic heterocycles. The van der Waals surface area contributed by atoms with Gasteiger partial charge >= 0.3 is 6.03 Å². The normalized spacial score (nSPS) is 18.8. The molecule has 2 aliphatic heterocycles. The van der Waals surface area contributed by atoms with Gasteiger partial charge in [0, 0.05) is 23.5 Å². The molecule has 8 heteroatoms. The van der Waals surface area contributed by atoms with Crippen molar-refractivity contribution in [2.45, 2.75) is 25.3 Å². The van der Waals surface area contributed by atoms with Gasteiger partial charge in [-0.25, -0.2) is 9.18 Å². The summed E-state index contributed by atoms with van der Waals surface area (Å²) in [7, 11) is 1.57. The summed E-state index contributed by atoms with van der Waals surface area (Å²) in [6, 6.07) is 17.1. The van der Waals surface area contributed by atoms with Gasteiger partial charge in [-0.3, -0.25) is 9.69 Å². The molecular weight excluding hydrogens is 465 g/mol. The van der Waals surface area contributed by atoms with Crippen LogP contribution < -0.4 is 15.0 Å². The van der Waals surface area contributed by atoms with Gasteiger partial charge in [0.25, 0.3) is 5.91 Å². The molecule has 5 rings (SSSR count). The number of hydrogen-bond donors (Lipinski definition) is 1. The maximum atomic E-state index is 14.1. The molecule has 3 aromatic carbocycles. The molecule has 6 nitrogen and oxygen atoms in total. The van der Waals surface area contributed by atoms with E-state index in [1.165, 1.54) is 23.9 Å². The molecule has 3 aromatic rings. The van der Waals surface area contributed by atoms with Crippen LogP contribution in [-0.2, 0) is 16.2 Å². The van der Waals surface area contributed by atoms with Gasteiger partial charge in [0.05, 0.1) is 19.3 Å². The number of rotatable bonds is 4. The Morgan fingerprint density at radius 1 is 1.11 bits per heavy atom. The summed E-state index contributed by atoms with van der Waals surface area (Å²) >= 11 is 1.44. The van der Waals surface area contributed by atoms with Crippen LogP contribution in [0.4, 0.5) is 20.6 Å². The zero-order chi connectivity index (χ0) is 24.7. The topological polar surface area (TPSA) is 61.9 Å². The van der Waals surface area contributed by atoms with E-state index in [-0.39, 0.29) is 24.3 Å². The van der Waals surface area contributed by atoms with Gasteiger partial charge < -0.3 is 15.0 Å². The molecule has 1 fully saturated rings. The summed E-state index contributed by atoms with van der Waals surface area (Å²) in [4.78, 5) is 29.7.